The summed E-state index contributed by atoms with van der Waals surface area (Å²) in [5, 5.41) is 12.7. The molecule has 1 heterocycles. The zero-order valence-corrected chi connectivity index (χ0v) is 13.0. The van der Waals surface area contributed by atoms with E-state index in [9.17, 15) is 9.90 Å². The molecule has 20 heavy (non-hydrogen) atoms. The second-order valence-electron chi connectivity index (χ2n) is 6.75. The third-order valence-electron chi connectivity index (χ3n) is 5.24. The van der Waals surface area contributed by atoms with Crippen molar-refractivity contribution in [2.75, 3.05) is 19.6 Å². The molecule has 2 rings (SSSR count). The maximum Gasteiger partial charge on any atom is 0.323 e. The van der Waals surface area contributed by atoms with E-state index in [1.54, 1.807) is 0 Å². The van der Waals surface area contributed by atoms with Crippen molar-refractivity contribution in [1.82, 2.24) is 10.2 Å². The molecule has 1 aliphatic carbocycles. The van der Waals surface area contributed by atoms with Crippen molar-refractivity contribution in [3.63, 3.8) is 0 Å². The molecule has 1 saturated heterocycles. The van der Waals surface area contributed by atoms with Crippen molar-refractivity contribution < 1.29 is 9.90 Å². The number of fused-ring (bicyclic) bond motifs is 1. The van der Waals surface area contributed by atoms with Crippen molar-refractivity contribution in [1.29, 1.82) is 0 Å². The predicted molar refractivity (Wildman–Crippen MR) is 80.9 cm³/mol. The van der Waals surface area contributed by atoms with Gasteiger partial charge in [0.15, 0.2) is 0 Å². The summed E-state index contributed by atoms with van der Waals surface area (Å²) in [6.07, 6.45) is 8.39. The van der Waals surface area contributed by atoms with E-state index in [1.165, 1.54) is 32.1 Å². The highest BCUT2D eigenvalue weighted by Crippen LogP contribution is 2.37. The van der Waals surface area contributed by atoms with Gasteiger partial charge in [0.1, 0.15) is 5.54 Å². The summed E-state index contributed by atoms with van der Waals surface area (Å²) < 4.78 is 0. The first-order valence-corrected chi connectivity index (χ1v) is 8.29. The first-order valence-electron chi connectivity index (χ1n) is 8.29. The molecule has 1 saturated carbocycles. The molecule has 0 amide bonds. The Morgan fingerprint density at radius 2 is 2.10 bits per heavy atom. The summed E-state index contributed by atoms with van der Waals surface area (Å²) in [6.45, 7) is 6.75. The number of carboxylic acids is 1. The van der Waals surface area contributed by atoms with Gasteiger partial charge in [0.2, 0.25) is 0 Å². The van der Waals surface area contributed by atoms with Gasteiger partial charge in [0.25, 0.3) is 0 Å². The van der Waals surface area contributed by atoms with Gasteiger partial charge in [-0.25, -0.2) is 0 Å². The van der Waals surface area contributed by atoms with E-state index in [0.717, 1.165) is 38.0 Å². The molecule has 2 aliphatic rings. The Balaban J connectivity index is 1.89. The Morgan fingerprint density at radius 3 is 2.80 bits per heavy atom. The van der Waals surface area contributed by atoms with Crippen LogP contribution >= 0.6 is 0 Å². The average Bonchev–Trinajstić information content (AvgIpc) is 2.91. The fourth-order valence-electron chi connectivity index (χ4n) is 3.87. The molecule has 116 valence electrons. The minimum atomic E-state index is -0.776. The van der Waals surface area contributed by atoms with E-state index in [1.807, 2.05) is 6.92 Å². The molecule has 0 radical (unpaired) electrons. The monoisotopic (exact) mass is 282 g/mol. The first kappa shape index (κ1) is 15.8. The summed E-state index contributed by atoms with van der Waals surface area (Å²) in [7, 11) is 0. The maximum absolute atomic E-state index is 11.5. The number of piperidine rings is 1. The molecule has 2 N–H and O–H groups in total. The highest BCUT2D eigenvalue weighted by molar-refractivity contribution is 5.78. The lowest BCUT2D eigenvalue weighted by atomic mass is 9.90. The fourth-order valence-corrected chi connectivity index (χ4v) is 3.87. The lowest BCUT2D eigenvalue weighted by Crippen LogP contribution is -2.53. The zero-order valence-electron chi connectivity index (χ0n) is 13.0. The van der Waals surface area contributed by atoms with Crippen LogP contribution in [-0.2, 0) is 4.79 Å². The smallest absolute Gasteiger partial charge is 0.323 e. The van der Waals surface area contributed by atoms with Crippen LogP contribution in [0.5, 0.6) is 0 Å². The molecule has 0 spiro atoms. The Morgan fingerprint density at radius 1 is 1.35 bits per heavy atom. The van der Waals surface area contributed by atoms with Crippen molar-refractivity contribution >= 4 is 5.97 Å². The van der Waals surface area contributed by atoms with E-state index in [4.69, 9.17) is 0 Å². The van der Waals surface area contributed by atoms with Crippen molar-refractivity contribution in [2.45, 2.75) is 70.4 Å². The van der Waals surface area contributed by atoms with Crippen LogP contribution in [0.3, 0.4) is 0 Å². The second kappa shape index (κ2) is 6.90. The third-order valence-corrected chi connectivity index (χ3v) is 5.24. The van der Waals surface area contributed by atoms with Crippen molar-refractivity contribution in [3.05, 3.63) is 0 Å². The van der Waals surface area contributed by atoms with Gasteiger partial charge >= 0.3 is 5.97 Å². The maximum atomic E-state index is 11.5. The standard InChI is InChI=1S/C16H30N2O2/c1-3-10-17-16(2,15(19)20)9-12-18-11-5-7-13-6-4-8-14(13)18/h13-14,17H,3-12H2,1-2H3,(H,19,20). The van der Waals surface area contributed by atoms with Crippen molar-refractivity contribution in [3.8, 4) is 0 Å². The number of nitrogens with one attached hydrogen (secondary N) is 1. The van der Waals surface area contributed by atoms with Gasteiger partial charge < -0.3 is 15.3 Å². The molecule has 2 fully saturated rings. The van der Waals surface area contributed by atoms with E-state index >= 15 is 0 Å². The van der Waals surface area contributed by atoms with Crippen LogP contribution in [0.4, 0.5) is 0 Å². The van der Waals surface area contributed by atoms with Gasteiger partial charge in [-0.1, -0.05) is 13.3 Å². The number of hydrogen-bond donors (Lipinski definition) is 2. The molecule has 1 aliphatic heterocycles. The Bertz CT molecular complexity index is 334. The summed E-state index contributed by atoms with van der Waals surface area (Å²) in [5.74, 6) is 0.161. The molecule has 4 nitrogen and oxygen atoms in total. The number of carboxylic acid groups (broad SMARTS) is 1. The van der Waals surface area contributed by atoms with Crippen LogP contribution in [0, 0.1) is 5.92 Å². The lowest BCUT2D eigenvalue weighted by Gasteiger charge is -2.39. The molecule has 0 aromatic rings. The largest absolute Gasteiger partial charge is 0.480 e. The van der Waals surface area contributed by atoms with Gasteiger partial charge in [0, 0.05) is 12.6 Å². The number of hydrogen-bond acceptors (Lipinski definition) is 3. The van der Waals surface area contributed by atoms with Gasteiger partial charge in [0.05, 0.1) is 0 Å². The number of rotatable bonds is 7. The topological polar surface area (TPSA) is 52.6 Å². The van der Waals surface area contributed by atoms with Crippen LogP contribution in [0.15, 0.2) is 0 Å². The minimum absolute atomic E-state index is 0.700. The van der Waals surface area contributed by atoms with Gasteiger partial charge in [-0.05, 0) is 64.5 Å². The van der Waals surface area contributed by atoms with Crippen LogP contribution in [-0.4, -0.2) is 47.2 Å². The number of nitrogens with zero attached hydrogens (tertiary/aromatic N) is 1. The molecule has 4 heteroatoms. The Labute approximate surface area is 122 Å². The molecule has 0 aromatic heterocycles. The predicted octanol–water partition coefficient (Wildman–Crippen LogP) is 2.48. The van der Waals surface area contributed by atoms with E-state index in [2.05, 4.69) is 17.1 Å². The highest BCUT2D eigenvalue weighted by atomic mass is 16.4. The third kappa shape index (κ3) is 3.53. The molecular formula is C16H30N2O2. The van der Waals surface area contributed by atoms with E-state index in [0.29, 0.717) is 6.42 Å². The normalized spacial score (nSPS) is 29.9. The zero-order chi connectivity index (χ0) is 14.6. The lowest BCUT2D eigenvalue weighted by molar-refractivity contribution is -0.144. The van der Waals surface area contributed by atoms with E-state index < -0.39 is 11.5 Å². The molecule has 0 aromatic carbocycles. The summed E-state index contributed by atoms with van der Waals surface area (Å²) >= 11 is 0. The second-order valence-corrected chi connectivity index (χ2v) is 6.75. The Kier molecular flexibility index (Phi) is 5.44. The van der Waals surface area contributed by atoms with Crippen LogP contribution in [0.1, 0.15) is 58.8 Å². The van der Waals surface area contributed by atoms with Crippen LogP contribution in [0.25, 0.3) is 0 Å². The minimum Gasteiger partial charge on any atom is -0.480 e. The number of likely N-dealkylation sites (tertiary alicyclic amines) is 1. The first-order chi connectivity index (χ1) is 9.57. The summed E-state index contributed by atoms with van der Waals surface area (Å²) in [4.78, 5) is 14.1. The summed E-state index contributed by atoms with van der Waals surface area (Å²) in [6, 6.07) is 0.730. The van der Waals surface area contributed by atoms with Gasteiger partial charge in [-0.15, -0.1) is 0 Å². The van der Waals surface area contributed by atoms with Crippen LogP contribution < -0.4 is 5.32 Å². The molecule has 3 unspecified atom stereocenters. The highest BCUT2D eigenvalue weighted by Gasteiger charge is 2.37. The SMILES string of the molecule is CCCNC(C)(CCN1CCCC2CCCC21)C(=O)O. The summed E-state index contributed by atoms with van der Waals surface area (Å²) in [5.41, 5.74) is -0.776. The van der Waals surface area contributed by atoms with Gasteiger partial charge in [-0.2, -0.15) is 0 Å². The van der Waals surface area contributed by atoms with Crippen molar-refractivity contribution in [2.24, 2.45) is 5.92 Å². The average molecular weight is 282 g/mol. The van der Waals surface area contributed by atoms with Gasteiger partial charge in [-0.3, -0.25) is 4.79 Å². The van der Waals surface area contributed by atoms with E-state index in [-0.39, 0.29) is 0 Å². The number of aliphatic carboxylic acids is 1. The fraction of sp³-hybridized carbons (Fsp3) is 0.938. The van der Waals surface area contributed by atoms with Crippen LogP contribution in [0.2, 0.25) is 0 Å². The Hall–Kier alpha value is -0.610. The molecule has 0 bridgehead atoms. The molecule has 3 atom stereocenters. The quantitative estimate of drug-likeness (QED) is 0.753. The molecular weight excluding hydrogens is 252 g/mol. The number of carbonyl (C=O) groups is 1.